The second-order valence-electron chi connectivity index (χ2n) is 11.1. The molecule has 8 heteroatoms. The number of Topliss-reactive ketones (excluding diaryl/α,β-unsaturated/α-hetero) is 1. The molecule has 1 aromatic carbocycles. The third-order valence-corrected chi connectivity index (χ3v) is 7.47. The summed E-state index contributed by atoms with van der Waals surface area (Å²) in [5.41, 5.74) is 7.64. The van der Waals surface area contributed by atoms with Gasteiger partial charge in [-0.1, -0.05) is 26.7 Å². The number of ketones is 1. The van der Waals surface area contributed by atoms with Gasteiger partial charge in [0.15, 0.2) is 11.6 Å². The van der Waals surface area contributed by atoms with Crippen LogP contribution >= 0.6 is 0 Å². The summed E-state index contributed by atoms with van der Waals surface area (Å²) in [5, 5.41) is 18.3. The minimum absolute atomic E-state index is 0.00895. The first kappa shape index (κ1) is 23.0. The van der Waals surface area contributed by atoms with Crippen molar-refractivity contribution in [2.45, 2.75) is 83.8 Å². The smallest absolute Gasteiger partial charge is 0.250 e. The van der Waals surface area contributed by atoms with Crippen molar-refractivity contribution in [1.29, 1.82) is 0 Å². The molecule has 2 aromatic rings. The molecule has 0 aliphatic heterocycles. The maximum Gasteiger partial charge on any atom is 0.250 e. The second kappa shape index (κ2) is 8.48. The molecule has 0 saturated heterocycles. The van der Waals surface area contributed by atoms with E-state index in [4.69, 9.17) is 10.8 Å². The van der Waals surface area contributed by atoms with E-state index in [2.05, 4.69) is 5.32 Å². The normalized spacial score (nSPS) is 24.1. The number of carbonyl (C=O) groups is 2. The number of aliphatic hydroxyl groups excluding tert-OH is 1. The van der Waals surface area contributed by atoms with Crippen LogP contribution in [0.2, 0.25) is 0 Å². The zero-order valence-electron chi connectivity index (χ0n) is 19.9. The number of nitrogens with zero attached hydrogens (tertiary/aromatic N) is 2. The van der Waals surface area contributed by atoms with Crippen LogP contribution < -0.4 is 11.1 Å². The van der Waals surface area contributed by atoms with Gasteiger partial charge in [0.2, 0.25) is 0 Å². The number of hydrogen-bond acceptors (Lipinski definition) is 5. The van der Waals surface area contributed by atoms with E-state index in [0.717, 1.165) is 43.5 Å². The maximum atomic E-state index is 16.1. The van der Waals surface area contributed by atoms with Gasteiger partial charge in [0.1, 0.15) is 5.69 Å². The van der Waals surface area contributed by atoms with Crippen LogP contribution in [0.15, 0.2) is 12.1 Å². The molecule has 3 aliphatic rings. The van der Waals surface area contributed by atoms with Crippen molar-refractivity contribution in [3.8, 4) is 5.69 Å². The Labute approximate surface area is 198 Å². The summed E-state index contributed by atoms with van der Waals surface area (Å²) in [7, 11) is 0. The van der Waals surface area contributed by atoms with Crippen LogP contribution in [0.25, 0.3) is 5.69 Å². The number of anilines is 1. The summed E-state index contributed by atoms with van der Waals surface area (Å²) in [6.45, 7) is 4.07. The number of aliphatic hydroxyl groups is 1. The van der Waals surface area contributed by atoms with E-state index in [1.165, 1.54) is 12.1 Å². The van der Waals surface area contributed by atoms with Gasteiger partial charge in [0.05, 0.1) is 40.3 Å². The van der Waals surface area contributed by atoms with E-state index in [9.17, 15) is 14.7 Å². The number of nitrogens with one attached hydrogen (secondary N) is 1. The zero-order valence-corrected chi connectivity index (χ0v) is 19.9. The number of fused-ring (bicyclic) bond motifs is 1. The summed E-state index contributed by atoms with van der Waals surface area (Å²) in [6, 6.07) is 2.65. The quantitative estimate of drug-likeness (QED) is 0.595. The third kappa shape index (κ3) is 4.24. The minimum Gasteiger partial charge on any atom is -0.391 e. The maximum absolute atomic E-state index is 16.1. The van der Waals surface area contributed by atoms with Gasteiger partial charge in [-0.3, -0.25) is 9.59 Å². The van der Waals surface area contributed by atoms with E-state index in [1.54, 1.807) is 4.68 Å². The van der Waals surface area contributed by atoms with Gasteiger partial charge in [-0.15, -0.1) is 0 Å². The van der Waals surface area contributed by atoms with Crippen LogP contribution in [0.3, 0.4) is 0 Å². The summed E-state index contributed by atoms with van der Waals surface area (Å²) in [4.78, 5) is 25.2. The monoisotopic (exact) mass is 468 g/mol. The molecule has 2 saturated carbocycles. The van der Waals surface area contributed by atoms with E-state index in [0.29, 0.717) is 37.2 Å². The molecule has 5 rings (SSSR count). The first-order valence-electron chi connectivity index (χ1n) is 12.4. The molecule has 1 heterocycles. The summed E-state index contributed by atoms with van der Waals surface area (Å²) in [5.74, 6) is -0.798. The number of rotatable bonds is 6. The molecule has 2 fully saturated rings. The highest BCUT2D eigenvalue weighted by Gasteiger charge is 2.38. The molecule has 3 aliphatic carbocycles. The molecule has 4 N–H and O–H groups in total. The predicted molar refractivity (Wildman–Crippen MR) is 127 cm³/mol. The van der Waals surface area contributed by atoms with Gasteiger partial charge in [0.25, 0.3) is 5.91 Å². The summed E-state index contributed by atoms with van der Waals surface area (Å²) >= 11 is 0. The molecular formula is C26H33FN4O3. The van der Waals surface area contributed by atoms with E-state index >= 15 is 4.39 Å². The van der Waals surface area contributed by atoms with Crippen molar-refractivity contribution in [1.82, 2.24) is 9.78 Å². The predicted octanol–water partition coefficient (Wildman–Crippen LogP) is 3.93. The number of hydrogen-bond donors (Lipinski definition) is 3. The third-order valence-electron chi connectivity index (χ3n) is 7.47. The number of aromatic nitrogens is 2. The zero-order chi connectivity index (χ0) is 24.2. The lowest BCUT2D eigenvalue weighted by molar-refractivity contribution is 0.0909. The summed E-state index contributed by atoms with van der Waals surface area (Å²) < 4.78 is 17.7. The van der Waals surface area contributed by atoms with E-state index in [1.807, 2.05) is 13.8 Å². The molecule has 0 spiro atoms. The van der Waals surface area contributed by atoms with Crippen LogP contribution in [0.4, 0.5) is 10.1 Å². The Balaban J connectivity index is 1.62. The fraction of sp³-hybridized carbons (Fsp3) is 0.577. The Hall–Kier alpha value is -2.74. The molecule has 34 heavy (non-hydrogen) atoms. The van der Waals surface area contributed by atoms with Gasteiger partial charge in [-0.05, 0) is 62.0 Å². The molecule has 2 unspecified atom stereocenters. The number of amides is 1. The van der Waals surface area contributed by atoms with Crippen LogP contribution in [-0.4, -0.2) is 38.7 Å². The number of primary amides is 1. The highest BCUT2D eigenvalue weighted by Crippen LogP contribution is 2.41. The Kier molecular flexibility index (Phi) is 5.74. The van der Waals surface area contributed by atoms with Crippen molar-refractivity contribution in [2.24, 2.45) is 17.1 Å². The molecule has 0 bridgehead atoms. The SMILES string of the molecule is CC1(C)CC(=O)c2c(CC3CC3)nn(-c3ccc(C(N)=O)c(NC4CCCCC4O)c3F)c2C1. The van der Waals surface area contributed by atoms with Gasteiger partial charge in [0, 0.05) is 6.42 Å². The Morgan fingerprint density at radius 3 is 2.65 bits per heavy atom. The van der Waals surface area contributed by atoms with Gasteiger partial charge < -0.3 is 16.2 Å². The minimum atomic E-state index is -0.744. The first-order chi connectivity index (χ1) is 16.1. The largest absolute Gasteiger partial charge is 0.391 e. The number of nitrogens with two attached hydrogens (primary N) is 1. The lowest BCUT2D eigenvalue weighted by atomic mass is 9.75. The van der Waals surface area contributed by atoms with Gasteiger partial charge >= 0.3 is 0 Å². The highest BCUT2D eigenvalue weighted by atomic mass is 19.1. The van der Waals surface area contributed by atoms with Crippen molar-refractivity contribution in [3.63, 3.8) is 0 Å². The standard InChI is InChI=1S/C26H33FN4O3/c1-26(2)12-19-22(21(33)13-26)17(11-14-7-8-14)30-31(19)18-10-9-15(25(28)34)24(23(18)27)29-16-5-3-4-6-20(16)32/h9-10,14,16,20,29,32H,3-8,11-13H2,1-2H3,(H2,28,34). The molecule has 0 radical (unpaired) electrons. The van der Waals surface area contributed by atoms with Crippen LogP contribution in [0.1, 0.15) is 90.9 Å². The average molecular weight is 469 g/mol. The first-order valence-corrected chi connectivity index (χ1v) is 12.4. The average Bonchev–Trinajstić information content (AvgIpc) is 3.50. The van der Waals surface area contributed by atoms with Gasteiger partial charge in [-0.2, -0.15) is 5.10 Å². The number of carbonyl (C=O) groups excluding carboxylic acids is 2. The van der Waals surface area contributed by atoms with Crippen molar-refractivity contribution < 1.29 is 19.1 Å². The lowest BCUT2D eigenvalue weighted by Gasteiger charge is -2.31. The van der Waals surface area contributed by atoms with Crippen molar-refractivity contribution in [2.75, 3.05) is 5.32 Å². The lowest BCUT2D eigenvalue weighted by Crippen LogP contribution is -2.37. The van der Waals surface area contributed by atoms with Crippen LogP contribution in [0.5, 0.6) is 0 Å². The molecule has 1 amide bonds. The highest BCUT2D eigenvalue weighted by molar-refractivity contribution is 6.00. The van der Waals surface area contributed by atoms with Crippen molar-refractivity contribution >= 4 is 17.4 Å². The molecule has 2 atom stereocenters. The Bertz CT molecular complexity index is 1150. The van der Waals surface area contributed by atoms with Gasteiger partial charge in [-0.25, -0.2) is 9.07 Å². The summed E-state index contributed by atoms with van der Waals surface area (Å²) in [6.07, 6.45) is 6.52. The van der Waals surface area contributed by atoms with Crippen LogP contribution in [0, 0.1) is 17.2 Å². The molecule has 1 aromatic heterocycles. The second-order valence-corrected chi connectivity index (χ2v) is 11.1. The van der Waals surface area contributed by atoms with E-state index < -0.39 is 17.8 Å². The molecular weight excluding hydrogens is 435 g/mol. The fourth-order valence-corrected chi connectivity index (χ4v) is 5.51. The topological polar surface area (TPSA) is 110 Å². The fourth-order valence-electron chi connectivity index (χ4n) is 5.51. The Morgan fingerprint density at radius 2 is 1.97 bits per heavy atom. The molecule has 182 valence electrons. The van der Waals surface area contributed by atoms with E-state index in [-0.39, 0.29) is 34.2 Å². The molecule has 7 nitrogen and oxygen atoms in total. The Morgan fingerprint density at radius 1 is 1.24 bits per heavy atom. The van der Waals surface area contributed by atoms with Crippen LogP contribution in [-0.2, 0) is 12.8 Å². The number of benzene rings is 1. The number of halogens is 1. The van der Waals surface area contributed by atoms with Crippen molar-refractivity contribution in [3.05, 3.63) is 40.5 Å².